The lowest BCUT2D eigenvalue weighted by atomic mass is 10.1. The fourth-order valence-electron chi connectivity index (χ4n) is 5.32. The van der Waals surface area contributed by atoms with Crippen molar-refractivity contribution in [3.05, 3.63) is 85.1 Å². The van der Waals surface area contributed by atoms with E-state index in [9.17, 15) is 14.2 Å². The predicted octanol–water partition coefficient (Wildman–Crippen LogP) is 12.8. The van der Waals surface area contributed by atoms with Crippen LogP contribution < -0.4 is 0 Å². The summed E-state index contributed by atoms with van der Waals surface area (Å²) in [6.07, 6.45) is 53.1. The molecule has 0 radical (unpaired) electrons. The van der Waals surface area contributed by atoms with Gasteiger partial charge in [0.05, 0.1) is 6.61 Å². The summed E-state index contributed by atoms with van der Waals surface area (Å²) in [6, 6.07) is 0. The van der Waals surface area contributed by atoms with Crippen molar-refractivity contribution in [3.8, 4) is 0 Å². The maximum absolute atomic E-state index is 12.4. The summed E-state index contributed by atoms with van der Waals surface area (Å²) in [7, 11) is -4.77. The van der Waals surface area contributed by atoms with Crippen LogP contribution in [0.15, 0.2) is 85.1 Å². The monoisotopic (exact) mass is 775 g/mol. The van der Waals surface area contributed by atoms with E-state index in [-0.39, 0.29) is 19.4 Å². The Morgan fingerprint density at radius 1 is 0.500 bits per heavy atom. The maximum atomic E-state index is 12.4. The second-order valence-electron chi connectivity index (χ2n) is 13.6. The number of allylic oxidation sites excluding steroid dienone is 14. The zero-order valence-corrected chi connectivity index (χ0v) is 34.7. The molecule has 308 valence electrons. The van der Waals surface area contributed by atoms with Crippen LogP contribution in [0, 0.1) is 0 Å². The summed E-state index contributed by atoms with van der Waals surface area (Å²) in [6.45, 7) is 3.49. The zero-order valence-electron chi connectivity index (χ0n) is 33.8. The van der Waals surface area contributed by atoms with Crippen LogP contribution in [0.25, 0.3) is 0 Å². The lowest BCUT2D eigenvalue weighted by Gasteiger charge is -2.18. The van der Waals surface area contributed by atoms with Crippen LogP contribution in [0.1, 0.15) is 168 Å². The first-order valence-electron chi connectivity index (χ1n) is 20.9. The molecule has 0 aromatic rings. The average molecular weight is 775 g/mol. The van der Waals surface area contributed by atoms with Crippen molar-refractivity contribution in [2.24, 2.45) is 0 Å². The molecule has 1 atom stereocenters. The van der Waals surface area contributed by atoms with Gasteiger partial charge in [-0.2, -0.15) is 0 Å². The minimum Gasteiger partial charge on any atom is -0.462 e. The maximum Gasteiger partial charge on any atom is 0.469 e. The Morgan fingerprint density at radius 3 is 1.39 bits per heavy atom. The number of carbonyl (C=O) groups excluding carboxylic acids is 2. The van der Waals surface area contributed by atoms with Crippen LogP contribution in [-0.4, -0.2) is 41.0 Å². The van der Waals surface area contributed by atoms with Crippen molar-refractivity contribution in [3.63, 3.8) is 0 Å². The van der Waals surface area contributed by atoms with Gasteiger partial charge in [0.2, 0.25) is 0 Å². The van der Waals surface area contributed by atoms with Crippen LogP contribution in [-0.2, 0) is 28.2 Å². The van der Waals surface area contributed by atoms with Crippen LogP contribution in [0.5, 0.6) is 0 Å². The first kappa shape index (κ1) is 51.2. The molecule has 0 fully saturated rings. The third kappa shape index (κ3) is 42.0. The molecule has 0 amide bonds. The Labute approximate surface area is 329 Å². The lowest BCUT2D eigenvalue weighted by Crippen LogP contribution is -2.29. The molecule has 0 bridgehead atoms. The quantitative estimate of drug-likeness (QED) is 0.0277. The highest BCUT2D eigenvalue weighted by atomic mass is 31.2. The molecule has 0 unspecified atom stereocenters. The molecule has 2 N–H and O–H groups in total. The van der Waals surface area contributed by atoms with Gasteiger partial charge in [-0.15, -0.1) is 0 Å². The van der Waals surface area contributed by atoms with E-state index in [0.29, 0.717) is 12.8 Å². The van der Waals surface area contributed by atoms with Crippen molar-refractivity contribution >= 4 is 19.8 Å². The van der Waals surface area contributed by atoms with Crippen molar-refractivity contribution in [1.82, 2.24) is 0 Å². The molecule has 0 aliphatic heterocycles. The molecule has 0 aromatic carbocycles. The summed E-state index contributed by atoms with van der Waals surface area (Å²) in [5, 5.41) is 0. The first-order valence-corrected chi connectivity index (χ1v) is 22.4. The van der Waals surface area contributed by atoms with E-state index in [2.05, 4.69) is 97.4 Å². The molecular formula is C45H75O8P. The summed E-state index contributed by atoms with van der Waals surface area (Å²) >= 11 is 0. The van der Waals surface area contributed by atoms with Crippen molar-refractivity contribution < 1.29 is 37.9 Å². The lowest BCUT2D eigenvalue weighted by molar-refractivity contribution is -0.161. The summed E-state index contributed by atoms with van der Waals surface area (Å²) in [4.78, 5) is 42.8. The van der Waals surface area contributed by atoms with E-state index >= 15 is 0 Å². The number of phosphoric ester groups is 1. The Balaban J connectivity index is 4.03. The Kier molecular flexibility index (Phi) is 37.9. The third-order valence-corrected chi connectivity index (χ3v) is 8.88. The number of rotatable bonds is 37. The standard InChI is InChI=1S/C45H75O8P/c1-3-5-7-9-11-13-15-17-19-21-22-24-26-28-30-32-34-36-38-40-45(47)53-43(42-52-54(48,49)50)41-51-44(46)39-37-35-33-31-29-27-25-23-20-18-16-14-12-10-8-6-4-2/h6,8,11-14,17-20,25,27,31,33,43H,3-5,7,9-10,15-16,21-24,26,28-30,32,34-42H2,1-2H3,(H2,48,49,50)/b8-6+,13-11+,14-12+,19-17+,20-18+,27-25+,33-31+/t43-/m1/s1. The van der Waals surface area contributed by atoms with Gasteiger partial charge in [0.25, 0.3) is 0 Å². The van der Waals surface area contributed by atoms with E-state index in [1.807, 2.05) is 6.08 Å². The van der Waals surface area contributed by atoms with Gasteiger partial charge >= 0.3 is 19.8 Å². The topological polar surface area (TPSA) is 119 Å². The third-order valence-electron chi connectivity index (χ3n) is 8.40. The Morgan fingerprint density at radius 2 is 0.907 bits per heavy atom. The second-order valence-corrected chi connectivity index (χ2v) is 14.8. The van der Waals surface area contributed by atoms with E-state index < -0.39 is 32.5 Å². The van der Waals surface area contributed by atoms with Crippen molar-refractivity contribution in [2.75, 3.05) is 13.2 Å². The number of esters is 2. The summed E-state index contributed by atoms with van der Waals surface area (Å²) < 4.78 is 26.3. The zero-order chi connectivity index (χ0) is 39.6. The molecule has 0 saturated carbocycles. The number of carbonyl (C=O) groups is 2. The second kappa shape index (κ2) is 39.9. The average Bonchev–Trinajstić information content (AvgIpc) is 3.14. The van der Waals surface area contributed by atoms with Gasteiger partial charge in [-0.25, -0.2) is 4.57 Å². The molecule has 8 nitrogen and oxygen atoms in total. The number of hydrogen-bond acceptors (Lipinski definition) is 6. The molecule has 0 aromatic heterocycles. The van der Waals surface area contributed by atoms with Crippen molar-refractivity contribution in [1.29, 1.82) is 0 Å². The highest BCUT2D eigenvalue weighted by Gasteiger charge is 2.22. The molecule has 0 aliphatic rings. The Bertz CT molecular complexity index is 1140. The molecular weight excluding hydrogens is 699 g/mol. The van der Waals surface area contributed by atoms with Gasteiger partial charge in [0.1, 0.15) is 6.61 Å². The molecule has 0 spiro atoms. The minimum atomic E-state index is -4.77. The number of hydrogen-bond donors (Lipinski definition) is 2. The highest BCUT2D eigenvalue weighted by molar-refractivity contribution is 7.46. The minimum absolute atomic E-state index is 0.184. The van der Waals surface area contributed by atoms with Crippen LogP contribution in [0.4, 0.5) is 0 Å². The first-order chi connectivity index (χ1) is 26.3. The summed E-state index contributed by atoms with van der Waals surface area (Å²) in [5.74, 6) is -0.964. The van der Waals surface area contributed by atoms with Gasteiger partial charge in [0, 0.05) is 12.8 Å². The van der Waals surface area contributed by atoms with Crippen LogP contribution in [0.3, 0.4) is 0 Å². The van der Waals surface area contributed by atoms with Gasteiger partial charge < -0.3 is 19.3 Å². The number of phosphoric acid groups is 1. The fraction of sp³-hybridized carbons (Fsp3) is 0.644. The van der Waals surface area contributed by atoms with Gasteiger partial charge in [-0.1, -0.05) is 157 Å². The molecule has 54 heavy (non-hydrogen) atoms. The molecule has 9 heteroatoms. The fourth-order valence-corrected chi connectivity index (χ4v) is 5.68. The van der Waals surface area contributed by atoms with E-state index in [4.69, 9.17) is 19.3 Å². The van der Waals surface area contributed by atoms with E-state index in [0.717, 1.165) is 70.6 Å². The van der Waals surface area contributed by atoms with E-state index in [1.54, 1.807) is 0 Å². The predicted molar refractivity (Wildman–Crippen MR) is 225 cm³/mol. The molecule has 0 heterocycles. The summed E-state index contributed by atoms with van der Waals surface area (Å²) in [5.41, 5.74) is 0. The van der Waals surface area contributed by atoms with Gasteiger partial charge in [0.15, 0.2) is 6.10 Å². The van der Waals surface area contributed by atoms with Crippen LogP contribution in [0.2, 0.25) is 0 Å². The largest absolute Gasteiger partial charge is 0.469 e. The smallest absolute Gasteiger partial charge is 0.462 e. The van der Waals surface area contributed by atoms with Gasteiger partial charge in [-0.05, 0) is 83.5 Å². The van der Waals surface area contributed by atoms with E-state index in [1.165, 1.54) is 57.8 Å². The number of unbranched alkanes of at least 4 members (excludes halogenated alkanes) is 13. The van der Waals surface area contributed by atoms with Crippen LogP contribution >= 0.6 is 7.82 Å². The molecule has 0 aliphatic carbocycles. The Hall–Kier alpha value is -2.77. The number of ether oxygens (including phenoxy) is 2. The molecule has 0 saturated heterocycles. The van der Waals surface area contributed by atoms with Crippen molar-refractivity contribution in [2.45, 2.75) is 174 Å². The molecule has 0 rings (SSSR count). The highest BCUT2D eigenvalue weighted by Crippen LogP contribution is 2.36. The van der Waals surface area contributed by atoms with Gasteiger partial charge in [-0.3, -0.25) is 14.1 Å². The normalized spacial score (nSPS) is 13.3. The SMILES string of the molecule is CC/C=C/C/C=C/C/C=C/C/C=C/C/C=C/CCCC(=O)OC[C@H](COP(=O)(O)O)OC(=O)CCCCCCCCCCC/C=C/C/C=C/CCCCC.